The van der Waals surface area contributed by atoms with Gasteiger partial charge >= 0.3 is 15.5 Å². The zero-order valence-corrected chi connectivity index (χ0v) is 14.2. The summed E-state index contributed by atoms with van der Waals surface area (Å²) in [5.41, 5.74) is -5.56. The average Bonchev–Trinajstić information content (AvgIpc) is 2.99. The van der Waals surface area contributed by atoms with Crippen LogP contribution in [0.25, 0.3) is 15.2 Å². The third-order valence-electron chi connectivity index (χ3n) is 2.92. The normalized spacial score (nSPS) is 12.9. The van der Waals surface area contributed by atoms with Gasteiger partial charge in [0, 0.05) is 6.20 Å². The Bertz CT molecular complexity index is 1090. The Balaban J connectivity index is 2.03. The van der Waals surface area contributed by atoms with E-state index < -0.39 is 27.1 Å². The van der Waals surface area contributed by atoms with Gasteiger partial charge in [-0.25, -0.2) is 9.71 Å². The van der Waals surface area contributed by atoms with E-state index in [4.69, 9.17) is 23.2 Å². The molecule has 1 N–H and O–H groups in total. The largest absolute Gasteiger partial charge is 0.516 e. The lowest BCUT2D eigenvalue weighted by atomic mass is 10.3. The van der Waals surface area contributed by atoms with Gasteiger partial charge in [-0.05, 0) is 12.1 Å². The summed E-state index contributed by atoms with van der Waals surface area (Å²) in [5, 5.41) is 0.582. The number of imidazole rings is 1. The molecule has 6 nitrogen and oxygen atoms in total. The summed E-state index contributed by atoms with van der Waals surface area (Å²) in [6, 6.07) is 3.09. The zero-order valence-electron chi connectivity index (χ0n) is 11.1. The quantitative estimate of drug-likeness (QED) is 0.692. The molecular weight excluding hydrogens is 414 g/mol. The van der Waals surface area contributed by atoms with Crippen LogP contribution in [0.1, 0.15) is 10.5 Å². The summed E-state index contributed by atoms with van der Waals surface area (Å²) < 4.78 is 61.7. The van der Waals surface area contributed by atoms with Crippen LogP contribution in [0.3, 0.4) is 0 Å². The van der Waals surface area contributed by atoms with Crippen molar-refractivity contribution in [1.29, 1.82) is 0 Å². The maximum atomic E-state index is 12.3. The lowest BCUT2D eigenvalue weighted by Gasteiger charge is -2.07. The molecule has 0 bridgehead atoms. The molecule has 0 spiro atoms. The number of amides is 1. The topological polar surface area (TPSA) is 80.5 Å². The monoisotopic (exact) mass is 417 g/mol. The summed E-state index contributed by atoms with van der Waals surface area (Å²) in [6.45, 7) is 0. The number of benzene rings is 1. The van der Waals surface area contributed by atoms with E-state index in [0.29, 0.717) is 15.2 Å². The van der Waals surface area contributed by atoms with Gasteiger partial charge in [0.1, 0.15) is 5.69 Å². The summed E-state index contributed by atoms with van der Waals surface area (Å²) >= 11 is 13.0. The van der Waals surface area contributed by atoms with Gasteiger partial charge in [0.25, 0.3) is 5.91 Å². The van der Waals surface area contributed by atoms with Crippen molar-refractivity contribution in [2.75, 3.05) is 0 Å². The number of carbonyl (C=O) groups is 1. The van der Waals surface area contributed by atoms with Crippen molar-refractivity contribution in [3.63, 3.8) is 0 Å². The van der Waals surface area contributed by atoms with Crippen LogP contribution in [0.15, 0.2) is 18.3 Å². The predicted molar refractivity (Wildman–Crippen MR) is 83.0 cm³/mol. The Morgan fingerprint density at radius 2 is 1.96 bits per heavy atom. The van der Waals surface area contributed by atoms with Gasteiger partial charge in [0.2, 0.25) is 0 Å². The number of hydrogen-bond donors (Lipinski definition) is 1. The van der Waals surface area contributed by atoms with Gasteiger partial charge in [-0.1, -0.05) is 34.5 Å². The molecule has 0 atom stereocenters. The highest BCUT2D eigenvalue weighted by atomic mass is 35.5. The molecule has 0 aliphatic rings. The van der Waals surface area contributed by atoms with Crippen molar-refractivity contribution in [2.24, 2.45) is 0 Å². The van der Waals surface area contributed by atoms with Gasteiger partial charge in [-0.15, -0.1) is 0 Å². The highest BCUT2D eigenvalue weighted by molar-refractivity contribution is 7.90. The van der Waals surface area contributed by atoms with Crippen LogP contribution in [0.4, 0.5) is 13.2 Å². The average molecular weight is 418 g/mol. The van der Waals surface area contributed by atoms with Gasteiger partial charge in [-0.2, -0.15) is 21.6 Å². The SMILES string of the molecule is O=C(NS(=O)(=O)C(F)(F)F)c1cn2c(n1)sc1c(Cl)c(Cl)ccc12. The number of fused-ring (bicyclic) bond motifs is 3. The molecule has 1 aromatic carbocycles. The van der Waals surface area contributed by atoms with Gasteiger partial charge in [0.05, 0.1) is 20.3 Å². The predicted octanol–water partition coefficient (Wildman–Crippen LogP) is 3.44. The first-order valence-corrected chi connectivity index (χ1v) is 8.96. The van der Waals surface area contributed by atoms with Crippen molar-refractivity contribution in [3.05, 3.63) is 34.1 Å². The van der Waals surface area contributed by atoms with Crippen LogP contribution >= 0.6 is 34.5 Å². The highest BCUT2D eigenvalue weighted by Gasteiger charge is 2.47. The molecule has 2 aromatic heterocycles. The first kappa shape index (κ1) is 17.3. The van der Waals surface area contributed by atoms with E-state index in [1.54, 1.807) is 6.07 Å². The molecule has 13 heteroatoms. The van der Waals surface area contributed by atoms with Gasteiger partial charge < -0.3 is 0 Å². The Morgan fingerprint density at radius 1 is 1.29 bits per heavy atom. The number of sulfonamides is 1. The van der Waals surface area contributed by atoms with Crippen LogP contribution in [0, 0.1) is 0 Å². The fourth-order valence-corrected chi connectivity index (χ4v) is 3.85. The third-order valence-corrected chi connectivity index (χ3v) is 5.99. The number of rotatable bonds is 2. The lowest BCUT2D eigenvalue weighted by Crippen LogP contribution is -2.40. The maximum absolute atomic E-state index is 12.3. The first-order chi connectivity index (χ1) is 11.0. The van der Waals surface area contributed by atoms with E-state index in [2.05, 4.69) is 4.98 Å². The van der Waals surface area contributed by atoms with Crippen molar-refractivity contribution in [3.8, 4) is 0 Å². The van der Waals surface area contributed by atoms with Crippen LogP contribution in [0.2, 0.25) is 10.0 Å². The Labute approximate surface area is 145 Å². The number of thiazole rings is 1. The van der Waals surface area contributed by atoms with E-state index >= 15 is 0 Å². The minimum atomic E-state index is -5.80. The van der Waals surface area contributed by atoms with Crippen LogP contribution in [-0.2, 0) is 10.0 Å². The highest BCUT2D eigenvalue weighted by Crippen LogP contribution is 2.36. The molecule has 1 amide bonds. The molecular formula is C11H4Cl2F3N3O3S2. The second-order valence-corrected chi connectivity index (χ2v) is 7.91. The van der Waals surface area contributed by atoms with Crippen LogP contribution < -0.4 is 4.72 Å². The Kier molecular flexibility index (Phi) is 3.94. The number of hydrogen-bond acceptors (Lipinski definition) is 5. The molecule has 0 saturated heterocycles. The summed E-state index contributed by atoms with van der Waals surface area (Å²) in [5.74, 6) is -1.49. The second-order valence-electron chi connectivity index (χ2n) is 4.47. The lowest BCUT2D eigenvalue weighted by molar-refractivity contribution is -0.0446. The Hall–Kier alpha value is -1.56. The molecule has 0 unspecified atom stereocenters. The van der Waals surface area contributed by atoms with E-state index in [0.717, 1.165) is 22.3 Å². The molecule has 0 saturated carbocycles. The van der Waals surface area contributed by atoms with Crippen LogP contribution in [0.5, 0.6) is 0 Å². The fourth-order valence-electron chi connectivity index (χ4n) is 1.85. The third kappa shape index (κ3) is 2.70. The minimum Gasteiger partial charge on any atom is -0.289 e. The molecule has 0 fully saturated rings. The molecule has 2 heterocycles. The maximum Gasteiger partial charge on any atom is 0.516 e. The summed E-state index contributed by atoms with van der Waals surface area (Å²) in [6.07, 6.45) is 1.11. The van der Waals surface area contributed by atoms with Crippen molar-refractivity contribution in [2.45, 2.75) is 5.51 Å². The van der Waals surface area contributed by atoms with Gasteiger partial charge in [-0.3, -0.25) is 9.20 Å². The number of aromatic nitrogens is 2. The number of nitrogens with zero attached hydrogens (tertiary/aromatic N) is 2. The number of carbonyl (C=O) groups excluding carboxylic acids is 1. The van der Waals surface area contributed by atoms with E-state index in [1.165, 1.54) is 10.5 Å². The molecule has 0 aliphatic carbocycles. The Morgan fingerprint density at radius 3 is 2.58 bits per heavy atom. The zero-order chi connectivity index (χ0) is 17.9. The number of alkyl halides is 3. The molecule has 128 valence electrons. The summed E-state index contributed by atoms with van der Waals surface area (Å²) in [7, 11) is -5.80. The molecule has 3 aromatic rings. The van der Waals surface area contributed by atoms with E-state index in [-0.39, 0.29) is 9.98 Å². The first-order valence-electron chi connectivity index (χ1n) is 5.90. The molecule has 3 rings (SSSR count). The molecule has 24 heavy (non-hydrogen) atoms. The van der Waals surface area contributed by atoms with Crippen molar-refractivity contribution < 1.29 is 26.4 Å². The van der Waals surface area contributed by atoms with E-state index in [9.17, 15) is 26.4 Å². The summed E-state index contributed by atoms with van der Waals surface area (Å²) in [4.78, 5) is 15.8. The van der Waals surface area contributed by atoms with Gasteiger partial charge in [0.15, 0.2) is 4.96 Å². The molecule has 0 aliphatic heterocycles. The van der Waals surface area contributed by atoms with Crippen molar-refractivity contribution in [1.82, 2.24) is 14.1 Å². The van der Waals surface area contributed by atoms with Crippen LogP contribution in [-0.4, -0.2) is 29.2 Å². The smallest absolute Gasteiger partial charge is 0.289 e. The second kappa shape index (κ2) is 5.48. The standard InChI is InChI=1S/C11H4Cl2F3N3O3S2/c12-4-1-2-6-8(7(4)13)23-10-17-5(3-19(6)10)9(20)18-24(21,22)11(14,15)16/h1-3H,(H,18,20). The molecule has 0 radical (unpaired) electrons. The fraction of sp³-hybridized carbons (Fsp3) is 0.0909. The van der Waals surface area contributed by atoms with E-state index in [1.807, 2.05) is 0 Å². The number of nitrogens with one attached hydrogen (secondary N) is 1. The number of halogens is 5. The van der Waals surface area contributed by atoms with Crippen molar-refractivity contribution >= 4 is 65.6 Å². The minimum absolute atomic E-state index is 0.240.